The second-order valence-electron chi connectivity index (χ2n) is 4.45. The Hall–Kier alpha value is -1.32. The summed E-state index contributed by atoms with van der Waals surface area (Å²) in [6.07, 6.45) is 0.317. The molecule has 132 valence electrons. The maximum atomic E-state index is 11.5. The molecular weight excluding hydrogens is 354 g/mol. The monoisotopic (exact) mass is 372 g/mol. The zero-order valence-electron chi connectivity index (χ0n) is 11.8. The molecule has 0 rings (SSSR count). The van der Waals surface area contributed by atoms with Gasteiger partial charge in [-0.25, -0.2) is 0 Å². The molecule has 0 spiro atoms. The van der Waals surface area contributed by atoms with Crippen LogP contribution in [0.2, 0.25) is 0 Å². The van der Waals surface area contributed by atoms with E-state index in [1.807, 2.05) is 0 Å². The van der Waals surface area contributed by atoms with Crippen LogP contribution in [0.15, 0.2) is 25.3 Å². The topological polar surface area (TPSA) is 199 Å². The van der Waals surface area contributed by atoms with Gasteiger partial charge in [0.05, 0.1) is 6.42 Å². The molecule has 0 saturated heterocycles. The smallest absolute Gasteiger partial charge is 0.346 e. The molecule has 0 aromatic rings. The van der Waals surface area contributed by atoms with E-state index in [4.69, 9.17) is 5.73 Å². The summed E-state index contributed by atoms with van der Waals surface area (Å²) >= 11 is 0. The van der Waals surface area contributed by atoms with E-state index in [0.717, 1.165) is 0 Å². The Bertz CT molecular complexity index is 547. The summed E-state index contributed by atoms with van der Waals surface area (Å²) in [5, 5.41) is 9.19. The molecule has 0 aromatic heterocycles. The number of carbonyl (C=O) groups is 2. The summed E-state index contributed by atoms with van der Waals surface area (Å²) in [6.45, 7) is 6.28. The Labute approximate surface area is 131 Å². The number of nitrogens with zero attached hydrogens (tertiary/aromatic N) is 1. The van der Waals surface area contributed by atoms with E-state index in [2.05, 4.69) is 13.2 Å². The van der Waals surface area contributed by atoms with Gasteiger partial charge in [-0.05, 0) is 0 Å². The lowest BCUT2D eigenvalue weighted by Gasteiger charge is -2.38. The molecule has 0 bridgehead atoms. The predicted octanol–water partition coefficient (Wildman–Crippen LogP) is -1.00. The average molecular weight is 372 g/mol. The Morgan fingerprint density at radius 3 is 1.57 bits per heavy atom. The van der Waals surface area contributed by atoms with Gasteiger partial charge < -0.3 is 30.4 Å². The minimum atomic E-state index is -5.10. The minimum absolute atomic E-state index is 0.286. The van der Waals surface area contributed by atoms with Crippen LogP contribution in [0.4, 0.5) is 0 Å². The van der Waals surface area contributed by atoms with Crippen molar-refractivity contribution in [1.29, 1.82) is 0 Å². The number of nitrogens with two attached hydrogens (primary N) is 1. The van der Waals surface area contributed by atoms with Gasteiger partial charge in [-0.1, -0.05) is 12.2 Å². The van der Waals surface area contributed by atoms with Gasteiger partial charge in [0.25, 0.3) is 0 Å². The zero-order valence-corrected chi connectivity index (χ0v) is 13.6. The lowest BCUT2D eigenvalue weighted by Crippen LogP contribution is -2.52. The molecule has 0 fully saturated rings. The van der Waals surface area contributed by atoms with Crippen molar-refractivity contribution >= 4 is 27.1 Å². The van der Waals surface area contributed by atoms with Crippen LogP contribution in [0.5, 0.6) is 0 Å². The van der Waals surface area contributed by atoms with Crippen molar-refractivity contribution in [2.75, 3.05) is 0 Å². The van der Waals surface area contributed by atoms with E-state index in [0.29, 0.717) is 12.2 Å². The maximum Gasteiger partial charge on any atom is 0.346 e. The summed E-state index contributed by atoms with van der Waals surface area (Å²) in [6, 6.07) is -2.02. The van der Waals surface area contributed by atoms with Crippen molar-refractivity contribution in [3.63, 3.8) is 0 Å². The Morgan fingerprint density at radius 2 is 1.39 bits per heavy atom. The van der Waals surface area contributed by atoms with Crippen molar-refractivity contribution in [3.05, 3.63) is 25.3 Å². The highest BCUT2D eigenvalue weighted by atomic mass is 31.2. The van der Waals surface area contributed by atoms with Crippen LogP contribution in [-0.2, 0) is 18.7 Å². The molecule has 3 atom stereocenters. The van der Waals surface area contributed by atoms with Crippen molar-refractivity contribution < 1.29 is 43.4 Å². The summed E-state index contributed by atoms with van der Waals surface area (Å²) in [7, 11) is -10.2. The molecule has 0 radical (unpaired) electrons. The number of primary amides is 1. The molecule has 0 aliphatic heterocycles. The second kappa shape index (κ2) is 7.98. The molecule has 7 N–H and O–H groups in total. The fraction of sp³-hybridized carbons (Fsp3) is 0.400. The number of hydrogen-bond donors (Lipinski definition) is 6. The van der Waals surface area contributed by atoms with E-state index in [9.17, 15) is 43.4 Å². The van der Waals surface area contributed by atoms with Crippen LogP contribution < -0.4 is 5.73 Å². The SMILES string of the molecule is C=CC(N(C(CC(N)=O)C(=O)O)C(C=C)P(=O)(O)O)P(=O)(O)O. The average Bonchev–Trinajstić information content (AvgIpc) is 2.32. The van der Waals surface area contributed by atoms with Crippen molar-refractivity contribution in [2.24, 2.45) is 5.73 Å². The number of carboxylic acids is 1. The van der Waals surface area contributed by atoms with E-state index in [1.54, 1.807) is 0 Å². The molecule has 1 amide bonds. The van der Waals surface area contributed by atoms with Crippen LogP contribution in [0.3, 0.4) is 0 Å². The summed E-state index contributed by atoms with van der Waals surface area (Å²) in [5.41, 5.74) is 4.90. The molecule has 11 nitrogen and oxygen atoms in total. The Morgan fingerprint density at radius 1 is 1.04 bits per heavy atom. The quantitative estimate of drug-likeness (QED) is 0.204. The van der Waals surface area contributed by atoms with Crippen molar-refractivity contribution in [1.82, 2.24) is 4.90 Å². The number of carbonyl (C=O) groups excluding carboxylic acids is 1. The molecule has 13 heteroatoms. The fourth-order valence-electron chi connectivity index (χ4n) is 1.90. The third kappa shape index (κ3) is 6.00. The van der Waals surface area contributed by atoms with Crippen molar-refractivity contribution in [2.45, 2.75) is 24.0 Å². The molecule has 0 aliphatic carbocycles. The molecule has 0 aromatic carbocycles. The number of carboxylic acid groups (broad SMARTS) is 1. The van der Waals surface area contributed by atoms with Crippen LogP contribution in [-0.4, -0.2) is 59.1 Å². The van der Waals surface area contributed by atoms with Gasteiger partial charge in [-0.2, -0.15) is 0 Å². The molecule has 3 unspecified atom stereocenters. The normalized spacial score (nSPS) is 16.4. The number of aliphatic carboxylic acids is 1. The lowest BCUT2D eigenvalue weighted by molar-refractivity contribution is -0.145. The lowest BCUT2D eigenvalue weighted by atomic mass is 10.1. The number of amides is 1. The number of rotatable bonds is 10. The highest BCUT2D eigenvalue weighted by Gasteiger charge is 2.47. The molecule has 23 heavy (non-hydrogen) atoms. The maximum absolute atomic E-state index is 11.5. The largest absolute Gasteiger partial charge is 0.480 e. The van der Waals surface area contributed by atoms with Crippen LogP contribution in [0, 0.1) is 0 Å². The first kappa shape index (κ1) is 21.7. The summed E-state index contributed by atoms with van der Waals surface area (Å²) in [5.74, 6) is -7.08. The summed E-state index contributed by atoms with van der Waals surface area (Å²) < 4.78 is 23.1. The molecule has 0 saturated carbocycles. The van der Waals surface area contributed by atoms with Gasteiger partial charge in [0.15, 0.2) is 0 Å². The van der Waals surface area contributed by atoms with Gasteiger partial charge in [0.1, 0.15) is 17.6 Å². The second-order valence-corrected chi connectivity index (χ2v) is 7.86. The predicted molar refractivity (Wildman–Crippen MR) is 79.1 cm³/mol. The number of hydrogen-bond acceptors (Lipinski definition) is 5. The highest BCUT2D eigenvalue weighted by molar-refractivity contribution is 7.53. The highest BCUT2D eigenvalue weighted by Crippen LogP contribution is 2.52. The van der Waals surface area contributed by atoms with Gasteiger partial charge in [-0.15, -0.1) is 13.2 Å². The third-order valence-electron chi connectivity index (χ3n) is 2.76. The van der Waals surface area contributed by atoms with Crippen LogP contribution in [0.1, 0.15) is 6.42 Å². The van der Waals surface area contributed by atoms with Crippen LogP contribution >= 0.6 is 15.2 Å². The first-order chi connectivity index (χ1) is 10.3. The van der Waals surface area contributed by atoms with Gasteiger partial charge >= 0.3 is 21.2 Å². The molecule has 0 heterocycles. The standard InChI is InChI=1S/C10H18N2O9P2/c1-3-8(22(16,17)18)12(9(4-2)23(19,20)21)6(10(14)15)5-7(11)13/h3-4,6,8-9H,1-2,5H2,(H2,11,13)(H,14,15)(H2,16,17,18)(H2,19,20,21). The molecular formula is C10H18N2O9P2. The van der Waals surface area contributed by atoms with E-state index < -0.39 is 51.1 Å². The van der Waals surface area contributed by atoms with Crippen molar-refractivity contribution in [3.8, 4) is 0 Å². The Balaban J connectivity index is 6.36. The van der Waals surface area contributed by atoms with Gasteiger partial charge in [-0.3, -0.25) is 23.6 Å². The Kier molecular flexibility index (Phi) is 7.52. The summed E-state index contributed by atoms with van der Waals surface area (Å²) in [4.78, 5) is 60.0. The van der Waals surface area contributed by atoms with Gasteiger partial charge in [0.2, 0.25) is 5.91 Å². The third-order valence-corrected chi connectivity index (χ3v) is 5.09. The van der Waals surface area contributed by atoms with Gasteiger partial charge in [0, 0.05) is 0 Å². The molecule has 0 aliphatic rings. The zero-order chi connectivity index (χ0) is 18.6. The van der Waals surface area contributed by atoms with E-state index in [-0.39, 0.29) is 4.90 Å². The first-order valence-corrected chi connectivity index (χ1v) is 9.27. The van der Waals surface area contributed by atoms with E-state index in [1.165, 1.54) is 0 Å². The first-order valence-electron chi connectivity index (χ1n) is 5.91. The minimum Gasteiger partial charge on any atom is -0.480 e. The fourth-order valence-corrected chi connectivity index (χ4v) is 3.86. The van der Waals surface area contributed by atoms with E-state index >= 15 is 0 Å². The van der Waals surface area contributed by atoms with Crippen LogP contribution in [0.25, 0.3) is 0 Å².